The summed E-state index contributed by atoms with van der Waals surface area (Å²) in [4.78, 5) is 8.73. The lowest BCUT2D eigenvalue weighted by Gasteiger charge is -2.19. The maximum atomic E-state index is 5.34. The number of imidazole rings is 1. The van der Waals surface area contributed by atoms with Crippen molar-refractivity contribution in [3.05, 3.63) is 42.1 Å². The van der Waals surface area contributed by atoms with E-state index in [9.17, 15) is 0 Å². The van der Waals surface area contributed by atoms with Gasteiger partial charge in [0.1, 0.15) is 5.82 Å². The summed E-state index contributed by atoms with van der Waals surface area (Å²) >= 11 is 0. The molecule has 1 unspecified atom stereocenters. The molecule has 0 fully saturated rings. The number of methoxy groups -OCH3 is 1. The molecule has 19 heavy (non-hydrogen) atoms. The molecule has 0 saturated carbocycles. The molecule has 2 aromatic heterocycles. The van der Waals surface area contributed by atoms with Gasteiger partial charge < -0.3 is 14.6 Å². The lowest BCUT2D eigenvalue weighted by molar-refractivity contribution is 0.386. The molecule has 2 aromatic rings. The van der Waals surface area contributed by atoms with Crippen molar-refractivity contribution in [3.63, 3.8) is 0 Å². The van der Waals surface area contributed by atoms with Crippen LogP contribution in [0.25, 0.3) is 0 Å². The molecule has 0 amide bonds. The first-order chi connectivity index (χ1) is 9.31. The second kappa shape index (κ2) is 6.33. The fourth-order valence-corrected chi connectivity index (χ4v) is 2.23. The first-order valence-corrected chi connectivity index (χ1v) is 6.49. The summed E-state index contributed by atoms with van der Waals surface area (Å²) in [5, 5.41) is 3.29. The van der Waals surface area contributed by atoms with Crippen molar-refractivity contribution in [1.82, 2.24) is 19.9 Å². The van der Waals surface area contributed by atoms with Crippen LogP contribution in [0.5, 0.6) is 5.88 Å². The van der Waals surface area contributed by atoms with Crippen LogP contribution in [0, 0.1) is 0 Å². The van der Waals surface area contributed by atoms with Crippen molar-refractivity contribution in [2.24, 2.45) is 0 Å². The maximum absolute atomic E-state index is 5.34. The highest BCUT2D eigenvalue weighted by Crippen LogP contribution is 2.27. The summed E-state index contributed by atoms with van der Waals surface area (Å²) in [7, 11) is 3.55. The Morgan fingerprint density at radius 2 is 2.21 bits per heavy atom. The summed E-state index contributed by atoms with van der Waals surface area (Å²) in [5.74, 6) is 1.61. The van der Waals surface area contributed by atoms with Crippen molar-refractivity contribution in [1.29, 1.82) is 0 Å². The Kier molecular flexibility index (Phi) is 4.52. The standard InChI is InChI=1S/C14H20N4O/c1-4-9-18-10-8-16-13(18)12(15-2)11-6-5-7-17-14(11)19-3/h5-8,10,12,15H,4,9H2,1-3H3. The van der Waals surface area contributed by atoms with E-state index in [4.69, 9.17) is 4.74 Å². The van der Waals surface area contributed by atoms with E-state index in [2.05, 4.69) is 26.8 Å². The molecular formula is C14H20N4O. The second-order valence-electron chi connectivity index (χ2n) is 4.30. The van der Waals surface area contributed by atoms with Crippen LogP contribution in [0.2, 0.25) is 0 Å². The molecule has 102 valence electrons. The van der Waals surface area contributed by atoms with E-state index in [0.29, 0.717) is 5.88 Å². The monoisotopic (exact) mass is 260 g/mol. The van der Waals surface area contributed by atoms with Crippen molar-refractivity contribution >= 4 is 0 Å². The third-order valence-electron chi connectivity index (χ3n) is 3.06. The summed E-state index contributed by atoms with van der Waals surface area (Å²) in [6.07, 6.45) is 6.64. The van der Waals surface area contributed by atoms with Gasteiger partial charge in [-0.2, -0.15) is 0 Å². The third-order valence-corrected chi connectivity index (χ3v) is 3.06. The summed E-state index contributed by atoms with van der Waals surface area (Å²) in [6, 6.07) is 3.90. The predicted molar refractivity (Wildman–Crippen MR) is 74.2 cm³/mol. The zero-order valence-corrected chi connectivity index (χ0v) is 11.6. The number of rotatable bonds is 6. The number of pyridine rings is 1. The molecule has 0 spiro atoms. The molecule has 2 rings (SSSR count). The van der Waals surface area contributed by atoms with Gasteiger partial charge in [0.2, 0.25) is 5.88 Å². The number of hydrogen-bond donors (Lipinski definition) is 1. The van der Waals surface area contributed by atoms with Crippen LogP contribution in [0.15, 0.2) is 30.7 Å². The van der Waals surface area contributed by atoms with Gasteiger partial charge >= 0.3 is 0 Å². The maximum Gasteiger partial charge on any atom is 0.218 e. The molecule has 5 heteroatoms. The van der Waals surface area contributed by atoms with E-state index >= 15 is 0 Å². The number of aromatic nitrogens is 3. The van der Waals surface area contributed by atoms with Gasteiger partial charge in [-0.3, -0.25) is 0 Å². The minimum atomic E-state index is -0.0230. The fraction of sp³-hybridized carbons (Fsp3) is 0.429. The first-order valence-electron chi connectivity index (χ1n) is 6.49. The molecule has 0 radical (unpaired) electrons. The van der Waals surface area contributed by atoms with Crippen LogP contribution in [-0.2, 0) is 6.54 Å². The average Bonchev–Trinajstić information content (AvgIpc) is 2.89. The number of nitrogens with zero attached hydrogens (tertiary/aromatic N) is 3. The molecule has 1 N–H and O–H groups in total. The highest BCUT2D eigenvalue weighted by Gasteiger charge is 2.21. The molecule has 1 atom stereocenters. The van der Waals surface area contributed by atoms with Crippen LogP contribution in [-0.4, -0.2) is 28.7 Å². The lowest BCUT2D eigenvalue weighted by atomic mass is 10.1. The Bertz CT molecular complexity index is 524. The van der Waals surface area contributed by atoms with Gasteiger partial charge in [0.15, 0.2) is 0 Å². The molecule has 0 bridgehead atoms. The van der Waals surface area contributed by atoms with Crippen molar-refractivity contribution in [2.75, 3.05) is 14.2 Å². The molecule has 0 saturated heterocycles. The number of nitrogens with one attached hydrogen (secondary N) is 1. The Balaban J connectivity index is 2.41. The van der Waals surface area contributed by atoms with Crippen LogP contribution in [0.1, 0.15) is 30.8 Å². The van der Waals surface area contributed by atoms with Crippen LogP contribution >= 0.6 is 0 Å². The van der Waals surface area contributed by atoms with Crippen LogP contribution in [0.3, 0.4) is 0 Å². The smallest absolute Gasteiger partial charge is 0.218 e. The molecule has 0 aliphatic heterocycles. The van der Waals surface area contributed by atoms with E-state index in [1.807, 2.05) is 31.6 Å². The highest BCUT2D eigenvalue weighted by molar-refractivity contribution is 5.33. The lowest BCUT2D eigenvalue weighted by Crippen LogP contribution is -2.23. The number of hydrogen-bond acceptors (Lipinski definition) is 4. The molecule has 5 nitrogen and oxygen atoms in total. The van der Waals surface area contributed by atoms with Crippen LogP contribution in [0.4, 0.5) is 0 Å². The van der Waals surface area contributed by atoms with E-state index in [1.54, 1.807) is 13.3 Å². The van der Waals surface area contributed by atoms with Gasteiger partial charge in [-0.15, -0.1) is 0 Å². The van der Waals surface area contributed by atoms with E-state index in [0.717, 1.165) is 24.4 Å². The average molecular weight is 260 g/mol. The molecular weight excluding hydrogens is 240 g/mol. The number of ether oxygens (including phenoxy) is 1. The van der Waals surface area contributed by atoms with Gasteiger partial charge in [0, 0.05) is 30.7 Å². The van der Waals surface area contributed by atoms with Crippen molar-refractivity contribution in [3.8, 4) is 5.88 Å². The van der Waals surface area contributed by atoms with Crippen molar-refractivity contribution < 1.29 is 4.74 Å². The number of aryl methyl sites for hydroxylation is 1. The largest absolute Gasteiger partial charge is 0.481 e. The second-order valence-corrected chi connectivity index (χ2v) is 4.30. The summed E-state index contributed by atoms with van der Waals surface area (Å²) in [5.41, 5.74) is 0.996. The van der Waals surface area contributed by atoms with Crippen molar-refractivity contribution in [2.45, 2.75) is 25.9 Å². The zero-order valence-electron chi connectivity index (χ0n) is 11.6. The van der Waals surface area contributed by atoms with Gasteiger partial charge in [-0.1, -0.05) is 13.0 Å². The molecule has 0 aliphatic rings. The normalized spacial score (nSPS) is 12.4. The highest BCUT2D eigenvalue weighted by atomic mass is 16.5. The topological polar surface area (TPSA) is 52.0 Å². The Morgan fingerprint density at radius 1 is 1.37 bits per heavy atom. The van der Waals surface area contributed by atoms with E-state index in [-0.39, 0.29) is 6.04 Å². The Labute approximate surface area is 113 Å². The Hall–Kier alpha value is -1.88. The molecule has 0 aromatic carbocycles. The Morgan fingerprint density at radius 3 is 2.89 bits per heavy atom. The van der Waals surface area contributed by atoms with E-state index in [1.165, 1.54) is 0 Å². The fourth-order valence-electron chi connectivity index (χ4n) is 2.23. The minimum absolute atomic E-state index is 0.0230. The predicted octanol–water partition coefficient (Wildman–Crippen LogP) is 2.01. The van der Waals surface area contributed by atoms with E-state index < -0.39 is 0 Å². The van der Waals surface area contributed by atoms with Gasteiger partial charge in [0.25, 0.3) is 0 Å². The summed E-state index contributed by atoms with van der Waals surface area (Å²) < 4.78 is 7.50. The first kappa shape index (κ1) is 13.5. The molecule has 0 aliphatic carbocycles. The molecule has 2 heterocycles. The summed E-state index contributed by atoms with van der Waals surface area (Å²) in [6.45, 7) is 3.11. The third kappa shape index (κ3) is 2.76. The minimum Gasteiger partial charge on any atom is -0.481 e. The van der Waals surface area contributed by atoms with Gasteiger partial charge in [-0.25, -0.2) is 9.97 Å². The van der Waals surface area contributed by atoms with Gasteiger partial charge in [0.05, 0.1) is 13.2 Å². The SMILES string of the molecule is CCCn1ccnc1C(NC)c1cccnc1OC. The zero-order chi connectivity index (χ0) is 13.7. The quantitative estimate of drug-likeness (QED) is 0.863. The van der Waals surface area contributed by atoms with Gasteiger partial charge in [-0.05, 0) is 19.5 Å². The van der Waals surface area contributed by atoms with Crippen LogP contribution < -0.4 is 10.1 Å².